The van der Waals surface area contributed by atoms with Gasteiger partial charge in [-0.15, -0.1) is 0 Å². The number of aromatic nitrogens is 1. The van der Waals surface area contributed by atoms with E-state index in [4.69, 9.17) is 6.57 Å². The second-order valence-corrected chi connectivity index (χ2v) is 12.7. The molecule has 0 fully saturated rings. The Bertz CT molecular complexity index is 2520. The van der Waals surface area contributed by atoms with Crippen molar-refractivity contribution in [3.63, 3.8) is 0 Å². The number of para-hydroxylation sites is 2. The smallest absolute Gasteiger partial charge is 0.195 e. The lowest BCUT2D eigenvalue weighted by atomic mass is 9.94. The van der Waals surface area contributed by atoms with E-state index in [-0.39, 0.29) is 0 Å². The molecule has 1 aliphatic heterocycles. The standard InChI is InChI=1S/C43H26N2S/c1-44-38-26-32(28-11-3-2-4-12-28)21-22-35(38)33-16-10-14-30(24-33)29-13-9-15-31(23-29)34-25-37-36-17-5-6-18-39(36)45-40-19-7-8-20-41(40)46-42(27-34)43(37)45/h2-27H. The van der Waals surface area contributed by atoms with Crippen molar-refractivity contribution in [3.05, 3.63) is 169 Å². The molecule has 1 aromatic heterocycles. The summed E-state index contributed by atoms with van der Waals surface area (Å²) in [5.41, 5.74) is 13.3. The molecule has 0 aliphatic carbocycles. The maximum absolute atomic E-state index is 7.94. The second-order valence-electron chi connectivity index (χ2n) is 11.7. The summed E-state index contributed by atoms with van der Waals surface area (Å²) in [6, 6.07) is 56.0. The highest BCUT2D eigenvalue weighted by Gasteiger charge is 2.23. The van der Waals surface area contributed by atoms with Crippen LogP contribution in [0.15, 0.2) is 168 Å². The summed E-state index contributed by atoms with van der Waals surface area (Å²) in [6.45, 7) is 7.94. The first-order chi connectivity index (χ1) is 22.7. The highest BCUT2D eigenvalue weighted by molar-refractivity contribution is 7.99. The Morgan fingerprint density at radius 3 is 1.93 bits per heavy atom. The summed E-state index contributed by atoms with van der Waals surface area (Å²) in [5, 5.41) is 2.55. The number of rotatable bonds is 4. The van der Waals surface area contributed by atoms with Gasteiger partial charge in [-0.3, -0.25) is 0 Å². The van der Waals surface area contributed by atoms with Gasteiger partial charge in [0.2, 0.25) is 0 Å². The minimum atomic E-state index is 0.660. The molecule has 0 N–H and O–H groups in total. The molecule has 0 atom stereocenters. The Morgan fingerprint density at radius 2 is 1.11 bits per heavy atom. The molecule has 0 spiro atoms. The number of nitrogens with zero attached hydrogens (tertiary/aromatic N) is 2. The van der Waals surface area contributed by atoms with Gasteiger partial charge >= 0.3 is 0 Å². The Morgan fingerprint density at radius 1 is 0.457 bits per heavy atom. The third-order valence-corrected chi connectivity index (χ3v) is 10.1. The topological polar surface area (TPSA) is 9.29 Å². The predicted molar refractivity (Wildman–Crippen MR) is 193 cm³/mol. The Labute approximate surface area is 272 Å². The lowest BCUT2D eigenvalue weighted by Crippen LogP contribution is -2.01. The van der Waals surface area contributed by atoms with Gasteiger partial charge in [-0.1, -0.05) is 121 Å². The Balaban J connectivity index is 1.14. The van der Waals surface area contributed by atoms with Crippen LogP contribution in [0.2, 0.25) is 0 Å². The minimum Gasteiger partial charge on any atom is -0.307 e. The fraction of sp³-hybridized carbons (Fsp3) is 0. The first kappa shape index (κ1) is 26.6. The van der Waals surface area contributed by atoms with E-state index in [0.29, 0.717) is 5.69 Å². The van der Waals surface area contributed by atoms with Crippen LogP contribution in [-0.4, -0.2) is 4.57 Å². The molecule has 7 aromatic carbocycles. The van der Waals surface area contributed by atoms with Crippen molar-refractivity contribution in [1.82, 2.24) is 4.57 Å². The predicted octanol–water partition coefficient (Wildman–Crippen LogP) is 12.5. The van der Waals surface area contributed by atoms with Crippen LogP contribution in [0.1, 0.15) is 0 Å². The van der Waals surface area contributed by atoms with Gasteiger partial charge in [-0.05, 0) is 93.0 Å². The van der Waals surface area contributed by atoms with E-state index < -0.39 is 0 Å². The van der Waals surface area contributed by atoms with E-state index in [9.17, 15) is 0 Å². The van der Waals surface area contributed by atoms with E-state index in [1.165, 1.54) is 48.4 Å². The molecule has 1 aliphatic rings. The average Bonchev–Trinajstić information content (AvgIpc) is 3.47. The van der Waals surface area contributed by atoms with Gasteiger partial charge in [-0.25, -0.2) is 4.85 Å². The largest absolute Gasteiger partial charge is 0.307 e. The molecule has 0 saturated heterocycles. The maximum atomic E-state index is 7.94. The number of benzene rings is 7. The van der Waals surface area contributed by atoms with E-state index in [2.05, 4.69) is 143 Å². The van der Waals surface area contributed by atoms with Crippen molar-refractivity contribution < 1.29 is 0 Å². The van der Waals surface area contributed by atoms with Gasteiger partial charge in [0, 0.05) is 20.6 Å². The molecule has 2 heterocycles. The van der Waals surface area contributed by atoms with Crippen molar-refractivity contribution in [2.75, 3.05) is 0 Å². The third-order valence-electron chi connectivity index (χ3n) is 8.99. The summed E-state index contributed by atoms with van der Waals surface area (Å²) in [7, 11) is 0. The van der Waals surface area contributed by atoms with E-state index >= 15 is 0 Å². The van der Waals surface area contributed by atoms with Gasteiger partial charge in [0.15, 0.2) is 5.69 Å². The molecular formula is C43H26N2S. The molecule has 2 nitrogen and oxygen atoms in total. The number of hydrogen-bond donors (Lipinski definition) is 0. The van der Waals surface area contributed by atoms with Crippen molar-refractivity contribution >= 4 is 39.3 Å². The lowest BCUT2D eigenvalue weighted by Gasteiger charge is -2.20. The van der Waals surface area contributed by atoms with E-state index in [1.54, 1.807) is 0 Å². The Kier molecular flexibility index (Phi) is 6.16. The first-order valence-corrected chi connectivity index (χ1v) is 16.2. The van der Waals surface area contributed by atoms with Crippen LogP contribution in [0.25, 0.3) is 76.8 Å². The molecule has 0 bridgehead atoms. The molecule has 0 saturated carbocycles. The maximum Gasteiger partial charge on any atom is 0.195 e. The van der Waals surface area contributed by atoms with Crippen molar-refractivity contribution in [2.24, 2.45) is 0 Å². The molecule has 0 unspecified atom stereocenters. The van der Waals surface area contributed by atoms with Gasteiger partial charge in [0.25, 0.3) is 0 Å². The highest BCUT2D eigenvalue weighted by atomic mass is 32.2. The van der Waals surface area contributed by atoms with Crippen molar-refractivity contribution in [2.45, 2.75) is 9.79 Å². The molecule has 9 rings (SSSR count). The van der Waals surface area contributed by atoms with Crippen molar-refractivity contribution in [3.8, 4) is 50.2 Å². The molecular weight excluding hydrogens is 577 g/mol. The van der Waals surface area contributed by atoms with Crippen molar-refractivity contribution in [1.29, 1.82) is 0 Å². The van der Waals surface area contributed by atoms with E-state index in [0.717, 1.165) is 33.4 Å². The fourth-order valence-corrected chi connectivity index (χ4v) is 7.96. The lowest BCUT2D eigenvalue weighted by molar-refractivity contribution is 1.09. The molecule has 0 amide bonds. The normalized spacial score (nSPS) is 11.8. The summed E-state index contributed by atoms with van der Waals surface area (Å²) < 4.78 is 2.43. The molecule has 214 valence electrons. The zero-order valence-electron chi connectivity index (χ0n) is 24.8. The van der Waals surface area contributed by atoms with Crippen LogP contribution in [-0.2, 0) is 0 Å². The summed E-state index contributed by atoms with van der Waals surface area (Å²) >= 11 is 1.86. The van der Waals surface area contributed by atoms with Gasteiger partial charge in [0.05, 0.1) is 23.3 Å². The van der Waals surface area contributed by atoms with E-state index in [1.807, 2.05) is 36.0 Å². The van der Waals surface area contributed by atoms with Crippen LogP contribution in [0.3, 0.4) is 0 Å². The van der Waals surface area contributed by atoms with Gasteiger partial charge < -0.3 is 4.57 Å². The molecule has 3 heteroatoms. The zero-order valence-corrected chi connectivity index (χ0v) is 25.6. The second kappa shape index (κ2) is 10.7. The van der Waals surface area contributed by atoms with Crippen LogP contribution in [0.4, 0.5) is 5.69 Å². The SMILES string of the molecule is [C-]#[N+]c1cc(-c2ccccc2)ccc1-c1cccc(-c2cccc(-c3cc4c5c(c3)c3ccccc3n5-c3ccccc3S4)c2)c1. The summed E-state index contributed by atoms with van der Waals surface area (Å²) in [6.07, 6.45) is 0. The van der Waals surface area contributed by atoms with Crippen LogP contribution >= 0.6 is 11.8 Å². The monoisotopic (exact) mass is 602 g/mol. The molecule has 8 aromatic rings. The fourth-order valence-electron chi connectivity index (χ4n) is 6.83. The minimum absolute atomic E-state index is 0.660. The molecule has 46 heavy (non-hydrogen) atoms. The third kappa shape index (κ3) is 4.27. The first-order valence-electron chi connectivity index (χ1n) is 15.4. The average molecular weight is 603 g/mol. The number of fused-ring (bicyclic) bond motifs is 5. The van der Waals surface area contributed by atoms with Gasteiger partial charge in [0.1, 0.15) is 0 Å². The van der Waals surface area contributed by atoms with Gasteiger partial charge in [-0.2, -0.15) is 0 Å². The molecule has 0 radical (unpaired) electrons. The summed E-state index contributed by atoms with van der Waals surface area (Å²) in [5.74, 6) is 0. The highest BCUT2D eigenvalue weighted by Crippen LogP contribution is 2.48. The van der Waals surface area contributed by atoms with Crippen LogP contribution < -0.4 is 0 Å². The number of hydrogen-bond acceptors (Lipinski definition) is 1. The Hall–Kier alpha value is -5.82. The summed E-state index contributed by atoms with van der Waals surface area (Å²) in [4.78, 5) is 6.47. The van der Waals surface area contributed by atoms with Crippen LogP contribution in [0, 0.1) is 6.57 Å². The van der Waals surface area contributed by atoms with Crippen LogP contribution in [0.5, 0.6) is 0 Å². The zero-order chi connectivity index (χ0) is 30.6. The quantitative estimate of drug-likeness (QED) is 0.182.